The van der Waals surface area contributed by atoms with Gasteiger partial charge in [0.05, 0.1) is 6.21 Å². The van der Waals surface area contributed by atoms with E-state index in [4.69, 9.17) is 4.74 Å². The maximum Gasteiger partial charge on any atom is 0.277 e. The molecule has 0 fully saturated rings. The summed E-state index contributed by atoms with van der Waals surface area (Å²) in [6.45, 7) is -0.0942. The Balaban J connectivity index is 1.37. The van der Waals surface area contributed by atoms with Gasteiger partial charge in [0.1, 0.15) is 5.75 Å². The van der Waals surface area contributed by atoms with E-state index >= 15 is 0 Å². The van der Waals surface area contributed by atoms with E-state index in [-0.39, 0.29) is 12.5 Å². The Labute approximate surface area is 157 Å². The van der Waals surface area contributed by atoms with Gasteiger partial charge in [-0.3, -0.25) is 4.79 Å². The Hall–Kier alpha value is -3.66. The molecule has 4 aromatic rings. The van der Waals surface area contributed by atoms with Crippen LogP contribution in [0.15, 0.2) is 90.0 Å². The van der Waals surface area contributed by atoms with Crippen molar-refractivity contribution in [3.8, 4) is 5.75 Å². The van der Waals surface area contributed by atoms with Gasteiger partial charge in [0.2, 0.25) is 0 Å². The van der Waals surface area contributed by atoms with Crippen molar-refractivity contribution in [2.24, 2.45) is 5.10 Å². The van der Waals surface area contributed by atoms with Gasteiger partial charge in [0, 0.05) is 5.39 Å². The van der Waals surface area contributed by atoms with Gasteiger partial charge < -0.3 is 4.74 Å². The number of hydrogen-bond acceptors (Lipinski definition) is 3. The zero-order chi connectivity index (χ0) is 18.5. The first-order valence-corrected chi connectivity index (χ1v) is 8.71. The third-order valence-electron chi connectivity index (χ3n) is 4.28. The fourth-order valence-electron chi connectivity index (χ4n) is 2.96. The third kappa shape index (κ3) is 3.96. The van der Waals surface area contributed by atoms with E-state index in [0.29, 0.717) is 5.75 Å². The lowest BCUT2D eigenvalue weighted by Crippen LogP contribution is -2.24. The number of nitrogens with zero attached hydrogens (tertiary/aromatic N) is 1. The van der Waals surface area contributed by atoms with Crippen LogP contribution in [0.25, 0.3) is 21.5 Å². The van der Waals surface area contributed by atoms with Crippen molar-refractivity contribution in [3.05, 3.63) is 90.5 Å². The zero-order valence-corrected chi connectivity index (χ0v) is 14.6. The number of hydrazone groups is 1. The molecule has 0 heterocycles. The first-order chi connectivity index (χ1) is 13.3. The number of nitrogens with one attached hydrogen (secondary N) is 1. The van der Waals surface area contributed by atoms with Crippen LogP contribution in [0.3, 0.4) is 0 Å². The summed E-state index contributed by atoms with van der Waals surface area (Å²) in [4.78, 5) is 12.0. The van der Waals surface area contributed by atoms with Crippen LogP contribution in [0, 0.1) is 0 Å². The summed E-state index contributed by atoms with van der Waals surface area (Å²) in [6.07, 6.45) is 1.63. The van der Waals surface area contributed by atoms with E-state index in [9.17, 15) is 4.79 Å². The number of fused-ring (bicyclic) bond motifs is 2. The molecular formula is C23H18N2O2. The minimum absolute atomic E-state index is 0.0942. The van der Waals surface area contributed by atoms with Crippen molar-refractivity contribution in [3.63, 3.8) is 0 Å². The second-order valence-corrected chi connectivity index (χ2v) is 6.17. The minimum atomic E-state index is -0.306. The van der Waals surface area contributed by atoms with Crippen molar-refractivity contribution in [1.29, 1.82) is 0 Å². The lowest BCUT2D eigenvalue weighted by Gasteiger charge is -2.08. The number of hydrogen-bond donors (Lipinski definition) is 1. The first kappa shape index (κ1) is 16.8. The summed E-state index contributed by atoms with van der Waals surface area (Å²) in [7, 11) is 0. The summed E-state index contributed by atoms with van der Waals surface area (Å²) in [5.74, 6) is 0.377. The van der Waals surface area contributed by atoms with Crippen LogP contribution in [0.4, 0.5) is 0 Å². The van der Waals surface area contributed by atoms with Gasteiger partial charge in [0.15, 0.2) is 6.61 Å². The number of ether oxygens (including phenoxy) is 1. The number of carbonyl (C=O) groups is 1. The fraction of sp³-hybridized carbons (Fsp3) is 0.0435. The second-order valence-electron chi connectivity index (χ2n) is 6.17. The lowest BCUT2D eigenvalue weighted by molar-refractivity contribution is -0.123. The van der Waals surface area contributed by atoms with Crippen LogP contribution in [-0.2, 0) is 4.79 Å². The Morgan fingerprint density at radius 1 is 0.852 bits per heavy atom. The van der Waals surface area contributed by atoms with Gasteiger partial charge in [-0.1, -0.05) is 72.8 Å². The normalized spacial score (nSPS) is 11.1. The molecule has 0 radical (unpaired) electrons. The quantitative estimate of drug-likeness (QED) is 0.423. The Morgan fingerprint density at radius 2 is 1.59 bits per heavy atom. The van der Waals surface area contributed by atoms with E-state index in [1.807, 2.05) is 78.9 Å². The van der Waals surface area contributed by atoms with Crippen molar-refractivity contribution < 1.29 is 9.53 Å². The molecule has 0 atom stereocenters. The van der Waals surface area contributed by atoms with E-state index in [2.05, 4.69) is 16.6 Å². The van der Waals surface area contributed by atoms with Gasteiger partial charge in [-0.25, -0.2) is 5.43 Å². The predicted molar refractivity (Wildman–Crippen MR) is 109 cm³/mol. The molecule has 27 heavy (non-hydrogen) atoms. The molecule has 4 nitrogen and oxygen atoms in total. The predicted octanol–water partition coefficient (Wildman–Crippen LogP) is 4.52. The minimum Gasteiger partial charge on any atom is -0.483 e. The van der Waals surface area contributed by atoms with Crippen molar-refractivity contribution >= 4 is 33.7 Å². The zero-order valence-electron chi connectivity index (χ0n) is 14.6. The van der Waals surface area contributed by atoms with Crippen LogP contribution in [0.5, 0.6) is 5.75 Å². The maximum atomic E-state index is 12.0. The molecule has 132 valence electrons. The highest BCUT2D eigenvalue weighted by molar-refractivity contribution is 5.91. The van der Waals surface area contributed by atoms with Crippen molar-refractivity contribution in [2.75, 3.05) is 6.61 Å². The number of benzene rings is 4. The summed E-state index contributed by atoms with van der Waals surface area (Å²) in [5.41, 5.74) is 3.42. The maximum absolute atomic E-state index is 12.0. The van der Waals surface area contributed by atoms with Gasteiger partial charge in [-0.2, -0.15) is 5.10 Å². The highest BCUT2D eigenvalue weighted by Gasteiger charge is 2.05. The summed E-state index contributed by atoms with van der Waals surface area (Å²) in [5, 5.41) is 8.37. The molecule has 1 N–H and O–H groups in total. The van der Waals surface area contributed by atoms with Crippen LogP contribution in [0.2, 0.25) is 0 Å². The number of amides is 1. The molecule has 0 saturated heterocycles. The largest absolute Gasteiger partial charge is 0.483 e. The molecule has 0 aliphatic heterocycles. The molecule has 4 heteroatoms. The molecular weight excluding hydrogens is 336 g/mol. The standard InChI is InChI=1S/C23H18N2O2/c26-23(16-27-22-11-5-9-19-7-3-4-10-21(19)22)25-24-15-17-12-13-18-6-1-2-8-20(18)14-17/h1-15H,16H2,(H,25,26). The third-order valence-corrected chi connectivity index (χ3v) is 4.28. The molecule has 0 saturated carbocycles. The Morgan fingerprint density at radius 3 is 2.48 bits per heavy atom. The highest BCUT2D eigenvalue weighted by Crippen LogP contribution is 2.24. The number of rotatable bonds is 5. The van der Waals surface area contributed by atoms with E-state index < -0.39 is 0 Å². The topological polar surface area (TPSA) is 50.7 Å². The smallest absolute Gasteiger partial charge is 0.277 e. The molecule has 0 spiro atoms. The average Bonchev–Trinajstić information content (AvgIpc) is 2.72. The molecule has 0 bridgehead atoms. The Bertz CT molecular complexity index is 1130. The number of carbonyl (C=O) groups excluding carboxylic acids is 1. The highest BCUT2D eigenvalue weighted by atomic mass is 16.5. The Kier molecular flexibility index (Phi) is 4.79. The van der Waals surface area contributed by atoms with Gasteiger partial charge in [0.25, 0.3) is 5.91 Å². The van der Waals surface area contributed by atoms with Crippen LogP contribution >= 0.6 is 0 Å². The van der Waals surface area contributed by atoms with Crippen molar-refractivity contribution in [2.45, 2.75) is 0 Å². The molecule has 0 aromatic heterocycles. The average molecular weight is 354 g/mol. The van der Waals surface area contributed by atoms with Crippen LogP contribution < -0.4 is 10.2 Å². The van der Waals surface area contributed by atoms with E-state index in [0.717, 1.165) is 21.7 Å². The second kappa shape index (κ2) is 7.70. The van der Waals surface area contributed by atoms with Crippen molar-refractivity contribution in [1.82, 2.24) is 5.43 Å². The summed E-state index contributed by atoms with van der Waals surface area (Å²) < 4.78 is 5.66. The summed E-state index contributed by atoms with van der Waals surface area (Å²) in [6, 6.07) is 27.8. The van der Waals surface area contributed by atoms with Gasteiger partial charge in [-0.15, -0.1) is 0 Å². The molecule has 0 unspecified atom stereocenters. The SMILES string of the molecule is O=C(COc1cccc2ccccc12)NN=Cc1ccc2ccccc2c1. The first-order valence-electron chi connectivity index (χ1n) is 8.71. The lowest BCUT2D eigenvalue weighted by atomic mass is 10.1. The molecule has 4 rings (SSSR count). The molecule has 1 amide bonds. The van der Waals surface area contributed by atoms with E-state index in [1.54, 1.807) is 6.21 Å². The van der Waals surface area contributed by atoms with Crippen LogP contribution in [-0.4, -0.2) is 18.7 Å². The van der Waals surface area contributed by atoms with Gasteiger partial charge in [-0.05, 0) is 33.9 Å². The molecule has 4 aromatic carbocycles. The van der Waals surface area contributed by atoms with Gasteiger partial charge >= 0.3 is 0 Å². The van der Waals surface area contributed by atoms with E-state index in [1.165, 1.54) is 5.39 Å². The molecule has 0 aliphatic carbocycles. The fourth-order valence-corrected chi connectivity index (χ4v) is 2.96. The van der Waals surface area contributed by atoms with Crippen LogP contribution in [0.1, 0.15) is 5.56 Å². The monoisotopic (exact) mass is 354 g/mol. The summed E-state index contributed by atoms with van der Waals surface area (Å²) >= 11 is 0. The molecule has 0 aliphatic rings.